The second-order valence-corrected chi connectivity index (χ2v) is 7.76. The van der Waals surface area contributed by atoms with Gasteiger partial charge in [0, 0.05) is 31.4 Å². The molecule has 1 heterocycles. The highest BCUT2D eigenvalue weighted by atomic mass is 19.3. The monoisotopic (exact) mass is 410 g/mol. The van der Waals surface area contributed by atoms with Gasteiger partial charge in [0.2, 0.25) is 5.78 Å². The van der Waals surface area contributed by atoms with E-state index in [1.165, 1.54) is 31.2 Å². The van der Waals surface area contributed by atoms with Crippen molar-refractivity contribution in [3.05, 3.63) is 35.9 Å². The molecule has 2 fully saturated rings. The second kappa shape index (κ2) is 9.76. The number of benzene rings is 1. The van der Waals surface area contributed by atoms with Gasteiger partial charge in [-0.2, -0.15) is 8.78 Å². The Kier molecular flexibility index (Phi) is 7.35. The molecule has 2 aliphatic rings. The molecule has 0 bridgehead atoms. The van der Waals surface area contributed by atoms with Crippen molar-refractivity contribution in [1.29, 1.82) is 0 Å². The summed E-state index contributed by atoms with van der Waals surface area (Å²) >= 11 is 0. The average molecular weight is 410 g/mol. The smallest absolute Gasteiger partial charge is 0.330 e. The van der Waals surface area contributed by atoms with Crippen molar-refractivity contribution in [2.24, 2.45) is 5.92 Å². The number of hydrogen-bond acceptors (Lipinski definition) is 5. The van der Waals surface area contributed by atoms with Crippen LogP contribution < -0.4 is 0 Å². The lowest BCUT2D eigenvalue weighted by atomic mass is 9.93. The van der Waals surface area contributed by atoms with Gasteiger partial charge in [-0.15, -0.1) is 0 Å². The summed E-state index contributed by atoms with van der Waals surface area (Å²) in [5.41, 5.74) is -0.309. The normalized spacial score (nSPS) is 27.6. The highest BCUT2D eigenvalue weighted by Gasteiger charge is 2.44. The number of alkyl halides is 2. The van der Waals surface area contributed by atoms with Crippen LogP contribution in [0.1, 0.15) is 57.4 Å². The quantitative estimate of drug-likeness (QED) is 0.595. The van der Waals surface area contributed by atoms with Gasteiger partial charge in [0.25, 0.3) is 0 Å². The van der Waals surface area contributed by atoms with E-state index in [1.54, 1.807) is 6.07 Å². The molecule has 7 heteroatoms. The number of halogens is 2. The molecule has 0 N–H and O–H groups in total. The van der Waals surface area contributed by atoms with Crippen LogP contribution in [0, 0.1) is 5.92 Å². The maximum atomic E-state index is 14.5. The topological polar surface area (TPSA) is 61.8 Å². The number of hydrogen-bond donors (Lipinski definition) is 0. The number of rotatable bonds is 8. The third-order valence-electron chi connectivity index (χ3n) is 5.66. The second-order valence-electron chi connectivity index (χ2n) is 7.76. The SMILES string of the molecule is CC(=O)OC1CCC(OC2CCCCO2)C1CCC(=O)C(F)(F)c1ccccc1. The zero-order chi connectivity index (χ0) is 20.9. The van der Waals surface area contributed by atoms with Gasteiger partial charge in [0.15, 0.2) is 6.29 Å². The van der Waals surface area contributed by atoms with E-state index in [0.29, 0.717) is 19.4 Å². The first kappa shape index (κ1) is 21.8. The fourth-order valence-electron chi connectivity index (χ4n) is 4.17. The summed E-state index contributed by atoms with van der Waals surface area (Å²) in [5.74, 6) is -5.40. The van der Waals surface area contributed by atoms with Gasteiger partial charge < -0.3 is 14.2 Å². The minimum Gasteiger partial charge on any atom is -0.462 e. The molecule has 29 heavy (non-hydrogen) atoms. The maximum absolute atomic E-state index is 14.5. The molecule has 4 unspecified atom stereocenters. The lowest BCUT2D eigenvalue weighted by Crippen LogP contribution is -2.35. The Morgan fingerprint density at radius 3 is 2.48 bits per heavy atom. The van der Waals surface area contributed by atoms with E-state index in [-0.39, 0.29) is 36.7 Å². The molecule has 1 saturated heterocycles. The van der Waals surface area contributed by atoms with Crippen molar-refractivity contribution < 1.29 is 32.6 Å². The predicted molar refractivity (Wildman–Crippen MR) is 101 cm³/mol. The van der Waals surface area contributed by atoms with Gasteiger partial charge in [-0.25, -0.2) is 0 Å². The highest BCUT2D eigenvalue weighted by molar-refractivity contribution is 5.86. The minimum absolute atomic E-state index is 0.177. The Morgan fingerprint density at radius 2 is 1.83 bits per heavy atom. The predicted octanol–water partition coefficient (Wildman–Crippen LogP) is 4.38. The van der Waals surface area contributed by atoms with Crippen molar-refractivity contribution >= 4 is 11.8 Å². The molecule has 4 atom stereocenters. The molecule has 0 radical (unpaired) electrons. The molecule has 0 amide bonds. The summed E-state index contributed by atoms with van der Waals surface area (Å²) in [6.45, 7) is 1.96. The summed E-state index contributed by atoms with van der Waals surface area (Å²) in [6, 6.07) is 7.10. The van der Waals surface area contributed by atoms with Gasteiger partial charge in [-0.05, 0) is 38.5 Å². The first-order valence-corrected chi connectivity index (χ1v) is 10.3. The molecule has 1 aromatic rings. The zero-order valence-electron chi connectivity index (χ0n) is 16.7. The maximum Gasteiger partial charge on any atom is 0.330 e. The summed E-state index contributed by atoms with van der Waals surface area (Å²) in [7, 11) is 0. The molecule has 1 saturated carbocycles. The number of carbonyl (C=O) groups is 2. The summed E-state index contributed by atoms with van der Waals surface area (Å²) < 4.78 is 46.1. The molecule has 160 valence electrons. The fraction of sp³-hybridized carbons (Fsp3) is 0.636. The van der Waals surface area contributed by atoms with E-state index in [1.807, 2.05) is 0 Å². The Labute approximate surface area is 169 Å². The number of ether oxygens (including phenoxy) is 3. The van der Waals surface area contributed by atoms with Crippen LogP contribution in [0.5, 0.6) is 0 Å². The number of carbonyl (C=O) groups excluding carboxylic acids is 2. The number of esters is 1. The largest absolute Gasteiger partial charge is 0.462 e. The molecule has 3 rings (SSSR count). The van der Waals surface area contributed by atoms with Crippen LogP contribution in [-0.4, -0.2) is 36.9 Å². The third-order valence-corrected chi connectivity index (χ3v) is 5.66. The van der Waals surface area contributed by atoms with Gasteiger partial charge >= 0.3 is 11.9 Å². The Hall–Kier alpha value is -1.86. The average Bonchev–Trinajstić information content (AvgIpc) is 3.08. The van der Waals surface area contributed by atoms with Crippen molar-refractivity contribution in [1.82, 2.24) is 0 Å². The molecule has 1 aliphatic carbocycles. The number of Topliss-reactive ketones (excluding diaryl/α,β-unsaturated/α-hetero) is 1. The van der Waals surface area contributed by atoms with Gasteiger partial charge in [0.1, 0.15) is 6.10 Å². The van der Waals surface area contributed by atoms with Crippen LogP contribution in [0.2, 0.25) is 0 Å². The third kappa shape index (κ3) is 5.60. The van der Waals surface area contributed by atoms with E-state index in [0.717, 1.165) is 19.3 Å². The van der Waals surface area contributed by atoms with Gasteiger partial charge in [-0.3, -0.25) is 9.59 Å². The van der Waals surface area contributed by atoms with E-state index in [2.05, 4.69) is 0 Å². The van der Waals surface area contributed by atoms with E-state index in [9.17, 15) is 18.4 Å². The molecule has 0 aromatic heterocycles. The Morgan fingerprint density at radius 1 is 1.10 bits per heavy atom. The molecule has 1 aromatic carbocycles. The standard InChI is InChI=1S/C22H28F2O5/c1-15(25)28-18-11-12-19(29-21-9-5-6-14-27-21)17(18)10-13-20(26)22(23,24)16-7-3-2-4-8-16/h2-4,7-8,17-19,21H,5-6,9-14H2,1H3. The van der Waals surface area contributed by atoms with Crippen LogP contribution in [-0.2, 0) is 29.7 Å². The fourth-order valence-corrected chi connectivity index (χ4v) is 4.17. The first-order chi connectivity index (χ1) is 13.9. The Bertz CT molecular complexity index is 688. The van der Waals surface area contributed by atoms with Crippen LogP contribution in [0.15, 0.2) is 30.3 Å². The summed E-state index contributed by atoms with van der Waals surface area (Å²) in [6.07, 6.45) is 2.85. The molecular weight excluding hydrogens is 382 g/mol. The van der Waals surface area contributed by atoms with Crippen molar-refractivity contribution in [3.63, 3.8) is 0 Å². The summed E-state index contributed by atoms with van der Waals surface area (Å²) in [5, 5.41) is 0. The molecule has 1 aliphatic heterocycles. The summed E-state index contributed by atoms with van der Waals surface area (Å²) in [4.78, 5) is 23.8. The lowest BCUT2D eigenvalue weighted by molar-refractivity contribution is -0.198. The van der Waals surface area contributed by atoms with Crippen LogP contribution >= 0.6 is 0 Å². The van der Waals surface area contributed by atoms with E-state index < -0.39 is 23.8 Å². The molecular formula is C22H28F2O5. The van der Waals surface area contributed by atoms with Crippen LogP contribution in [0.25, 0.3) is 0 Å². The van der Waals surface area contributed by atoms with E-state index >= 15 is 0 Å². The number of ketones is 1. The van der Waals surface area contributed by atoms with Gasteiger partial charge in [-0.1, -0.05) is 30.3 Å². The van der Waals surface area contributed by atoms with E-state index in [4.69, 9.17) is 14.2 Å². The Balaban J connectivity index is 1.64. The van der Waals surface area contributed by atoms with Crippen LogP contribution in [0.4, 0.5) is 8.78 Å². The highest BCUT2D eigenvalue weighted by Crippen LogP contribution is 2.38. The van der Waals surface area contributed by atoms with Gasteiger partial charge in [0.05, 0.1) is 6.10 Å². The van der Waals surface area contributed by atoms with Crippen molar-refractivity contribution in [3.8, 4) is 0 Å². The van der Waals surface area contributed by atoms with Crippen molar-refractivity contribution in [2.45, 2.75) is 76.3 Å². The van der Waals surface area contributed by atoms with Crippen molar-refractivity contribution in [2.75, 3.05) is 6.61 Å². The molecule has 5 nitrogen and oxygen atoms in total. The molecule has 0 spiro atoms. The lowest BCUT2D eigenvalue weighted by Gasteiger charge is -2.30. The first-order valence-electron chi connectivity index (χ1n) is 10.3. The zero-order valence-corrected chi connectivity index (χ0v) is 16.7. The minimum atomic E-state index is -3.54. The van der Waals surface area contributed by atoms with Crippen LogP contribution in [0.3, 0.4) is 0 Å².